The zero-order valence-corrected chi connectivity index (χ0v) is 19.9. The largest absolute Gasteiger partial charge is 0.507 e. The molecule has 10 heteroatoms. The van der Waals surface area contributed by atoms with Crippen LogP contribution in [-0.4, -0.2) is 42.8 Å². The van der Waals surface area contributed by atoms with Crippen molar-refractivity contribution < 1.29 is 37.0 Å². The first-order chi connectivity index (χ1) is 17.1. The second kappa shape index (κ2) is 10.2. The van der Waals surface area contributed by atoms with Gasteiger partial charge in [-0.2, -0.15) is 13.2 Å². The minimum absolute atomic E-state index is 0.0365. The molecule has 1 aliphatic heterocycles. The molecule has 1 fully saturated rings. The fraction of sp³-hybridized carbons (Fsp3) is 0.385. The topological polar surface area (TPSA) is 89.2 Å². The van der Waals surface area contributed by atoms with Gasteiger partial charge >= 0.3 is 12.1 Å². The molecule has 0 amide bonds. The van der Waals surface area contributed by atoms with Crippen molar-refractivity contribution in [3.05, 3.63) is 57.9 Å². The molecule has 2 heterocycles. The molecule has 3 aromatic rings. The predicted molar refractivity (Wildman–Crippen MR) is 126 cm³/mol. The van der Waals surface area contributed by atoms with Crippen LogP contribution >= 0.6 is 0 Å². The highest BCUT2D eigenvalue weighted by Crippen LogP contribution is 2.39. The van der Waals surface area contributed by atoms with Crippen molar-refractivity contribution >= 4 is 16.9 Å². The van der Waals surface area contributed by atoms with E-state index in [2.05, 4.69) is 0 Å². The summed E-state index contributed by atoms with van der Waals surface area (Å²) in [6, 6.07) is 8.19. The number of nitrogens with zero attached hydrogens (tertiary/aromatic N) is 1. The van der Waals surface area contributed by atoms with Crippen molar-refractivity contribution in [2.45, 2.75) is 32.5 Å². The molecular weight excluding hydrogens is 479 g/mol. The van der Waals surface area contributed by atoms with Gasteiger partial charge in [-0.3, -0.25) is 14.5 Å². The second-order valence-corrected chi connectivity index (χ2v) is 8.60. The van der Waals surface area contributed by atoms with Crippen LogP contribution in [0.4, 0.5) is 13.2 Å². The third-order valence-corrected chi connectivity index (χ3v) is 6.36. The molecule has 1 N–H and O–H groups in total. The van der Waals surface area contributed by atoms with E-state index in [1.165, 1.54) is 43.5 Å². The van der Waals surface area contributed by atoms with Crippen LogP contribution in [-0.2, 0) is 22.3 Å². The maximum atomic E-state index is 14.1. The Kier molecular flexibility index (Phi) is 7.26. The van der Waals surface area contributed by atoms with Crippen LogP contribution in [0.1, 0.15) is 31.1 Å². The van der Waals surface area contributed by atoms with Gasteiger partial charge in [-0.25, -0.2) is 0 Å². The molecule has 0 bridgehead atoms. The van der Waals surface area contributed by atoms with E-state index in [1.54, 1.807) is 6.92 Å². The third kappa shape index (κ3) is 5.04. The molecular formula is C26H26F3NO6. The molecule has 0 spiro atoms. The Balaban J connectivity index is 1.75. The van der Waals surface area contributed by atoms with Gasteiger partial charge in [0.1, 0.15) is 17.1 Å². The standard InChI is InChI=1S/C26H26F3NO6/c1-3-35-25(33)16-10-12-30(13-11-16)14-19-20(31)9-8-18-22(32)21(15-4-6-17(34-2)7-5-15)24(26(27,28)29)36-23(18)19/h4-9,16,31H,3,10-14H2,1-2H3. The first-order valence-corrected chi connectivity index (χ1v) is 11.6. The average Bonchev–Trinajstić information content (AvgIpc) is 2.85. The Bertz CT molecular complexity index is 1310. The number of halogens is 3. The Morgan fingerprint density at radius 1 is 1.14 bits per heavy atom. The van der Waals surface area contributed by atoms with Crippen LogP contribution in [0, 0.1) is 5.92 Å². The molecule has 7 nitrogen and oxygen atoms in total. The maximum absolute atomic E-state index is 14.1. The molecule has 36 heavy (non-hydrogen) atoms. The van der Waals surface area contributed by atoms with Gasteiger partial charge in [0.2, 0.25) is 11.2 Å². The molecule has 2 aromatic carbocycles. The van der Waals surface area contributed by atoms with Crippen LogP contribution in [0.15, 0.2) is 45.6 Å². The lowest BCUT2D eigenvalue weighted by Crippen LogP contribution is -2.36. The van der Waals surface area contributed by atoms with Crippen LogP contribution in [0.5, 0.6) is 11.5 Å². The third-order valence-electron chi connectivity index (χ3n) is 6.36. The van der Waals surface area contributed by atoms with Gasteiger partial charge in [-0.1, -0.05) is 12.1 Å². The Morgan fingerprint density at radius 2 is 1.81 bits per heavy atom. The lowest BCUT2D eigenvalue weighted by molar-refractivity contribution is -0.152. The minimum Gasteiger partial charge on any atom is -0.507 e. The molecule has 0 atom stereocenters. The van der Waals surface area contributed by atoms with Gasteiger partial charge < -0.3 is 19.0 Å². The van der Waals surface area contributed by atoms with E-state index in [1.807, 2.05) is 4.90 Å². The molecule has 1 aromatic heterocycles. The number of methoxy groups -OCH3 is 1. The van der Waals surface area contributed by atoms with Crippen molar-refractivity contribution in [2.75, 3.05) is 26.8 Å². The molecule has 0 unspecified atom stereocenters. The van der Waals surface area contributed by atoms with Gasteiger partial charge in [-0.15, -0.1) is 0 Å². The number of likely N-dealkylation sites (tertiary alicyclic amines) is 1. The van der Waals surface area contributed by atoms with Crippen molar-refractivity contribution in [3.63, 3.8) is 0 Å². The number of benzene rings is 2. The van der Waals surface area contributed by atoms with Crippen molar-refractivity contribution in [3.8, 4) is 22.6 Å². The van der Waals surface area contributed by atoms with E-state index >= 15 is 0 Å². The fourth-order valence-electron chi connectivity index (χ4n) is 4.49. The molecule has 1 saturated heterocycles. The number of hydrogen-bond acceptors (Lipinski definition) is 7. The number of rotatable bonds is 6. The van der Waals surface area contributed by atoms with Crippen LogP contribution in [0.2, 0.25) is 0 Å². The number of ether oxygens (including phenoxy) is 2. The summed E-state index contributed by atoms with van der Waals surface area (Å²) in [6.07, 6.45) is -3.92. The number of hydrogen-bond donors (Lipinski definition) is 1. The van der Waals surface area contributed by atoms with Gasteiger partial charge in [0.25, 0.3) is 0 Å². The number of esters is 1. The van der Waals surface area contributed by atoms with Gasteiger partial charge in [0.05, 0.1) is 36.1 Å². The SMILES string of the molecule is CCOC(=O)C1CCN(Cc2c(O)ccc3c(=O)c(-c4ccc(OC)cc4)c(C(F)(F)F)oc23)CC1. The first-order valence-electron chi connectivity index (χ1n) is 11.6. The number of carbonyl (C=O) groups excluding carboxylic acids is 1. The Morgan fingerprint density at radius 3 is 2.39 bits per heavy atom. The quantitative estimate of drug-likeness (QED) is 0.473. The van der Waals surface area contributed by atoms with E-state index in [0.717, 1.165) is 0 Å². The number of fused-ring (bicyclic) bond motifs is 1. The maximum Gasteiger partial charge on any atom is 0.450 e. The summed E-state index contributed by atoms with van der Waals surface area (Å²) >= 11 is 0. The second-order valence-electron chi connectivity index (χ2n) is 8.60. The van der Waals surface area contributed by atoms with E-state index in [4.69, 9.17) is 13.9 Å². The highest BCUT2D eigenvalue weighted by molar-refractivity contribution is 5.87. The summed E-state index contributed by atoms with van der Waals surface area (Å²) in [5.41, 5.74) is -1.64. The predicted octanol–water partition coefficient (Wildman–Crippen LogP) is 4.97. The number of aromatic hydroxyl groups is 1. The summed E-state index contributed by atoms with van der Waals surface area (Å²) in [7, 11) is 1.42. The highest BCUT2D eigenvalue weighted by Gasteiger charge is 2.40. The number of phenols is 1. The number of carbonyl (C=O) groups is 1. The normalized spacial score (nSPS) is 15.2. The van der Waals surface area contributed by atoms with Crippen LogP contribution in [0.3, 0.4) is 0 Å². The summed E-state index contributed by atoms with van der Waals surface area (Å²) in [6.45, 7) is 3.03. The van der Waals surface area contributed by atoms with E-state index in [9.17, 15) is 27.9 Å². The first kappa shape index (κ1) is 25.6. The van der Waals surface area contributed by atoms with Crippen molar-refractivity contribution in [1.29, 1.82) is 0 Å². The lowest BCUT2D eigenvalue weighted by Gasteiger charge is -2.31. The van der Waals surface area contributed by atoms with E-state index in [0.29, 0.717) is 38.3 Å². The molecule has 0 aliphatic carbocycles. The van der Waals surface area contributed by atoms with E-state index in [-0.39, 0.29) is 46.3 Å². The molecule has 0 radical (unpaired) electrons. The monoisotopic (exact) mass is 505 g/mol. The lowest BCUT2D eigenvalue weighted by atomic mass is 9.96. The van der Waals surface area contributed by atoms with Gasteiger partial charge in [-0.05, 0) is 62.7 Å². The van der Waals surface area contributed by atoms with Gasteiger partial charge in [0, 0.05) is 6.54 Å². The zero-order chi connectivity index (χ0) is 26.0. The molecule has 192 valence electrons. The Labute approximate surface area is 205 Å². The zero-order valence-electron chi connectivity index (χ0n) is 19.9. The van der Waals surface area contributed by atoms with Crippen LogP contribution < -0.4 is 10.2 Å². The fourth-order valence-corrected chi connectivity index (χ4v) is 4.49. The number of piperidine rings is 1. The highest BCUT2D eigenvalue weighted by atomic mass is 19.4. The summed E-state index contributed by atoms with van der Waals surface area (Å²) < 4.78 is 57.8. The Hall–Kier alpha value is -3.53. The minimum atomic E-state index is -4.96. The van der Waals surface area contributed by atoms with Gasteiger partial charge in [0.15, 0.2) is 0 Å². The summed E-state index contributed by atoms with van der Waals surface area (Å²) in [4.78, 5) is 27.2. The average molecular weight is 505 g/mol. The smallest absolute Gasteiger partial charge is 0.450 e. The van der Waals surface area contributed by atoms with Crippen LogP contribution in [0.25, 0.3) is 22.1 Å². The van der Waals surface area contributed by atoms with E-state index < -0.39 is 22.9 Å². The molecule has 1 aliphatic rings. The van der Waals surface area contributed by atoms with Crippen molar-refractivity contribution in [2.24, 2.45) is 5.92 Å². The molecule has 0 saturated carbocycles. The summed E-state index contributed by atoms with van der Waals surface area (Å²) in [5.74, 6) is -1.79. The number of alkyl halides is 3. The molecule has 4 rings (SSSR count). The number of phenolic OH excluding ortho intramolecular Hbond substituents is 1. The summed E-state index contributed by atoms with van der Waals surface area (Å²) in [5, 5.41) is 10.5. The van der Waals surface area contributed by atoms with Crippen molar-refractivity contribution in [1.82, 2.24) is 4.90 Å².